The summed E-state index contributed by atoms with van der Waals surface area (Å²) in [5, 5.41) is 21.4. The lowest BCUT2D eigenvalue weighted by molar-refractivity contribution is -0.207. The van der Waals surface area contributed by atoms with Crippen LogP contribution in [0.1, 0.15) is 16.2 Å². The molecule has 0 aliphatic heterocycles. The van der Waals surface area contributed by atoms with Gasteiger partial charge in [-0.2, -0.15) is 13.2 Å². The number of aromatic nitrogens is 7. The van der Waals surface area contributed by atoms with Gasteiger partial charge in [0, 0.05) is 28.7 Å². The van der Waals surface area contributed by atoms with Crippen LogP contribution in [0.15, 0.2) is 84.2 Å². The van der Waals surface area contributed by atoms with Crippen molar-refractivity contribution in [3.63, 3.8) is 0 Å². The first-order valence-electron chi connectivity index (χ1n) is 12.0. The lowest BCUT2D eigenvalue weighted by Crippen LogP contribution is -2.37. The maximum absolute atomic E-state index is 13.1. The molecule has 2 aromatic carbocycles. The molecule has 0 saturated carbocycles. The molecule has 0 spiro atoms. The first kappa shape index (κ1) is 27.7. The van der Waals surface area contributed by atoms with Gasteiger partial charge in [0.15, 0.2) is 17.8 Å². The number of carbonyl (C=O) groups excluding carboxylic acids is 1. The third kappa shape index (κ3) is 6.18. The van der Waals surface area contributed by atoms with E-state index in [9.17, 15) is 27.9 Å². The Hall–Kier alpha value is -4.82. The molecule has 0 bridgehead atoms. The van der Waals surface area contributed by atoms with Gasteiger partial charge in [0.2, 0.25) is 0 Å². The van der Waals surface area contributed by atoms with Crippen molar-refractivity contribution < 1.29 is 23.1 Å². The molecule has 0 unspecified atom stereocenters. The number of hydrogen-bond acceptors (Lipinski definition) is 7. The zero-order valence-electron chi connectivity index (χ0n) is 20.9. The van der Waals surface area contributed by atoms with Crippen LogP contribution in [0, 0.1) is 0 Å². The molecule has 210 valence electrons. The second-order valence-electron chi connectivity index (χ2n) is 8.75. The highest BCUT2D eigenvalue weighted by molar-refractivity contribution is 6.30. The van der Waals surface area contributed by atoms with Crippen molar-refractivity contribution in [3.8, 4) is 17.1 Å². The van der Waals surface area contributed by atoms with Crippen molar-refractivity contribution in [2.75, 3.05) is 5.32 Å². The average Bonchev–Trinajstić information content (AvgIpc) is 3.54. The number of anilines is 1. The Kier molecular flexibility index (Phi) is 7.68. The summed E-state index contributed by atoms with van der Waals surface area (Å²) < 4.78 is 42.3. The lowest BCUT2D eigenvalue weighted by Gasteiger charge is -2.15. The van der Waals surface area contributed by atoms with Crippen molar-refractivity contribution in [3.05, 3.63) is 106 Å². The molecule has 5 rings (SSSR count). The fraction of sp³-hybridized carbons (Fsp3) is 0.154. The van der Waals surface area contributed by atoms with Gasteiger partial charge < -0.3 is 10.4 Å². The van der Waals surface area contributed by atoms with Gasteiger partial charge in [-0.1, -0.05) is 23.7 Å². The van der Waals surface area contributed by atoms with Gasteiger partial charge in [-0.05, 0) is 48.5 Å². The molecule has 41 heavy (non-hydrogen) atoms. The number of nitrogens with zero attached hydrogens (tertiary/aromatic N) is 7. The predicted molar refractivity (Wildman–Crippen MR) is 142 cm³/mol. The molecule has 0 aliphatic rings. The van der Waals surface area contributed by atoms with Crippen LogP contribution < -0.4 is 11.0 Å². The van der Waals surface area contributed by atoms with E-state index in [0.29, 0.717) is 22.0 Å². The van der Waals surface area contributed by atoms with Crippen LogP contribution in [0.25, 0.3) is 17.1 Å². The SMILES string of the molecule is O=C(Nc1ccncc1)c1ccccc1-n1cnc(Cn2nc(-c3ccc(Cl)cc3)n(C[C@H](O)C(F)(F)F)c2=O)n1. The van der Waals surface area contributed by atoms with Crippen LogP contribution in [0.5, 0.6) is 0 Å². The van der Waals surface area contributed by atoms with E-state index in [-0.39, 0.29) is 23.8 Å². The van der Waals surface area contributed by atoms with Crippen molar-refractivity contribution in [2.45, 2.75) is 25.4 Å². The molecule has 1 amide bonds. The Morgan fingerprint density at radius 3 is 2.44 bits per heavy atom. The van der Waals surface area contributed by atoms with Crippen molar-refractivity contribution in [1.29, 1.82) is 0 Å². The molecule has 0 saturated heterocycles. The van der Waals surface area contributed by atoms with Crippen LogP contribution in [0.3, 0.4) is 0 Å². The minimum atomic E-state index is -4.95. The molecule has 3 heterocycles. The monoisotopic (exact) mass is 584 g/mol. The molecule has 5 aromatic rings. The molecule has 2 N–H and O–H groups in total. The highest BCUT2D eigenvalue weighted by Crippen LogP contribution is 2.24. The minimum absolute atomic E-state index is 0.0973. The fourth-order valence-corrected chi connectivity index (χ4v) is 4.04. The maximum Gasteiger partial charge on any atom is 0.416 e. The topological polar surface area (TPSA) is 133 Å². The fourth-order valence-electron chi connectivity index (χ4n) is 3.92. The first-order valence-corrected chi connectivity index (χ1v) is 12.4. The smallest absolute Gasteiger partial charge is 0.382 e. The number of rotatable bonds is 8. The summed E-state index contributed by atoms with van der Waals surface area (Å²) in [4.78, 5) is 34.2. The number of aliphatic hydroxyl groups is 1. The van der Waals surface area contributed by atoms with E-state index in [1.807, 2.05) is 0 Å². The normalized spacial score (nSPS) is 12.3. The van der Waals surface area contributed by atoms with Gasteiger partial charge in [0.25, 0.3) is 5.91 Å². The van der Waals surface area contributed by atoms with Crippen LogP contribution in [-0.4, -0.2) is 57.4 Å². The summed E-state index contributed by atoms with van der Waals surface area (Å²) in [6.45, 7) is -1.37. The Morgan fingerprint density at radius 2 is 1.73 bits per heavy atom. The highest BCUT2D eigenvalue weighted by atomic mass is 35.5. The van der Waals surface area contributed by atoms with E-state index in [1.165, 1.54) is 47.7 Å². The third-order valence-electron chi connectivity index (χ3n) is 5.92. The summed E-state index contributed by atoms with van der Waals surface area (Å²) >= 11 is 5.92. The maximum atomic E-state index is 13.1. The molecule has 1 atom stereocenters. The standard InChI is InChI=1S/C26H20ClF3N8O3/c27-17-7-5-16(6-8-17)23-35-37(25(41)36(23)13-21(39)26(28,29)30)14-22-32-15-38(34-22)20-4-2-1-3-19(20)24(40)33-18-9-11-31-12-10-18/h1-12,15,21,39H,13-14H2,(H,31,33,40)/t21-/m0/s1. The Labute approximate surface area is 234 Å². The van der Waals surface area contributed by atoms with E-state index in [0.717, 1.165) is 9.25 Å². The van der Waals surface area contributed by atoms with Gasteiger partial charge in [0.1, 0.15) is 12.9 Å². The number of pyridine rings is 1. The van der Waals surface area contributed by atoms with E-state index in [2.05, 4.69) is 25.5 Å². The van der Waals surface area contributed by atoms with Gasteiger partial charge >= 0.3 is 11.9 Å². The van der Waals surface area contributed by atoms with Crippen molar-refractivity contribution in [2.24, 2.45) is 0 Å². The molecule has 15 heteroatoms. The quantitative estimate of drug-likeness (QED) is 0.285. The Balaban J connectivity index is 1.45. The third-order valence-corrected chi connectivity index (χ3v) is 6.17. The van der Waals surface area contributed by atoms with Gasteiger partial charge in [-0.15, -0.1) is 10.2 Å². The minimum Gasteiger partial charge on any atom is -0.382 e. The van der Waals surface area contributed by atoms with Crippen LogP contribution in [0.4, 0.5) is 18.9 Å². The lowest BCUT2D eigenvalue weighted by atomic mass is 10.1. The van der Waals surface area contributed by atoms with Crippen molar-refractivity contribution in [1.82, 2.24) is 34.1 Å². The van der Waals surface area contributed by atoms with E-state index >= 15 is 0 Å². The number of hydrogen-bond donors (Lipinski definition) is 2. The molecule has 3 aromatic heterocycles. The second-order valence-corrected chi connectivity index (χ2v) is 9.19. The molecule has 0 aliphatic carbocycles. The largest absolute Gasteiger partial charge is 0.416 e. The van der Waals surface area contributed by atoms with Crippen LogP contribution in [0.2, 0.25) is 5.02 Å². The summed E-state index contributed by atoms with van der Waals surface area (Å²) in [6.07, 6.45) is -3.33. The molecule has 0 fully saturated rings. The number of amides is 1. The number of benzene rings is 2. The van der Waals surface area contributed by atoms with Crippen LogP contribution in [-0.2, 0) is 13.1 Å². The molecular weight excluding hydrogens is 565 g/mol. The van der Waals surface area contributed by atoms with E-state index in [1.54, 1.807) is 36.4 Å². The molecule has 0 radical (unpaired) electrons. The molecule has 11 nitrogen and oxygen atoms in total. The van der Waals surface area contributed by atoms with Gasteiger partial charge in [-0.25, -0.2) is 19.1 Å². The van der Waals surface area contributed by atoms with Crippen molar-refractivity contribution >= 4 is 23.2 Å². The summed E-state index contributed by atoms with van der Waals surface area (Å²) in [5.74, 6) is -0.415. The van der Waals surface area contributed by atoms with Gasteiger partial charge in [0.05, 0.1) is 17.8 Å². The second kappa shape index (κ2) is 11.3. The number of para-hydroxylation sites is 1. The summed E-state index contributed by atoms with van der Waals surface area (Å²) in [7, 11) is 0. The Bertz CT molecular complexity index is 1730. The van der Waals surface area contributed by atoms with E-state index < -0.39 is 30.4 Å². The van der Waals surface area contributed by atoms with Crippen LogP contribution >= 0.6 is 11.6 Å². The number of carbonyl (C=O) groups is 1. The predicted octanol–water partition coefficient (Wildman–Crippen LogP) is 3.56. The summed E-state index contributed by atoms with van der Waals surface area (Å²) in [6, 6.07) is 15.9. The first-order chi connectivity index (χ1) is 19.6. The zero-order chi connectivity index (χ0) is 29.1. The van der Waals surface area contributed by atoms with Gasteiger partial charge in [-0.3, -0.25) is 14.3 Å². The average molecular weight is 585 g/mol. The van der Waals surface area contributed by atoms with E-state index in [4.69, 9.17) is 11.6 Å². The number of halogens is 4. The zero-order valence-corrected chi connectivity index (χ0v) is 21.7. The number of alkyl halides is 3. The molecular formula is C26H20ClF3N8O3. The summed E-state index contributed by atoms with van der Waals surface area (Å²) in [5.41, 5.74) is 0.624. The number of aliphatic hydroxyl groups excluding tert-OH is 1. The Morgan fingerprint density at radius 1 is 1.02 bits per heavy atom. The number of nitrogens with one attached hydrogen (secondary N) is 1. The highest BCUT2D eigenvalue weighted by Gasteiger charge is 2.39.